The topological polar surface area (TPSA) is 117 Å². The molecular weight excluding hydrogens is 386 g/mol. The van der Waals surface area contributed by atoms with Crippen LogP contribution in [0, 0.1) is 16.0 Å². The van der Waals surface area contributed by atoms with E-state index in [2.05, 4.69) is 55.6 Å². The van der Waals surface area contributed by atoms with Crippen molar-refractivity contribution in [1.82, 2.24) is 5.43 Å². The fraction of sp³-hybridized carbons (Fsp3) is 0.364. The van der Waals surface area contributed by atoms with Gasteiger partial charge in [-0.2, -0.15) is 5.10 Å². The van der Waals surface area contributed by atoms with Crippen LogP contribution in [0.25, 0.3) is 0 Å². The molecule has 1 N–H and O–H groups in total. The SMILES string of the molecule is COc1cc([N+](=O)[O-])cc(/C=N/NC(=O)[C@H]2C[C@H]2c2ccc(C(C)(C)C)cc2)c1[O-]. The maximum absolute atomic E-state index is 12.4. The van der Waals surface area contributed by atoms with E-state index in [9.17, 15) is 20.0 Å². The third kappa shape index (κ3) is 4.59. The third-order valence-corrected chi connectivity index (χ3v) is 5.21. The van der Waals surface area contributed by atoms with Gasteiger partial charge < -0.3 is 9.84 Å². The molecule has 0 aliphatic heterocycles. The first kappa shape index (κ1) is 21.3. The van der Waals surface area contributed by atoms with E-state index in [1.807, 2.05) is 0 Å². The summed E-state index contributed by atoms with van der Waals surface area (Å²) < 4.78 is 4.88. The maximum Gasteiger partial charge on any atom is 0.273 e. The molecule has 0 spiro atoms. The maximum atomic E-state index is 12.4. The van der Waals surface area contributed by atoms with Crippen LogP contribution in [0.4, 0.5) is 5.69 Å². The number of nitrogens with zero attached hydrogens (tertiary/aromatic N) is 2. The Bertz CT molecular complexity index is 993. The number of rotatable bonds is 6. The average molecular weight is 410 g/mol. The molecule has 1 saturated carbocycles. The summed E-state index contributed by atoms with van der Waals surface area (Å²) in [6.45, 7) is 6.45. The lowest BCUT2D eigenvalue weighted by atomic mass is 9.86. The largest absolute Gasteiger partial charge is 0.870 e. The summed E-state index contributed by atoms with van der Waals surface area (Å²) in [7, 11) is 1.25. The quantitative estimate of drug-likeness (QED) is 0.446. The second-order valence-electron chi connectivity index (χ2n) is 8.38. The Morgan fingerprint density at radius 3 is 2.50 bits per heavy atom. The molecule has 0 aromatic heterocycles. The zero-order chi connectivity index (χ0) is 22.1. The number of carbonyl (C=O) groups excluding carboxylic acids is 1. The number of ether oxygens (including phenoxy) is 1. The number of hydrogen-bond acceptors (Lipinski definition) is 6. The molecule has 0 radical (unpaired) electrons. The standard InChI is InChI=1S/C22H25N3O5/c1-22(2,3)15-7-5-13(6-8-15)17-11-18(17)21(27)24-23-12-14-9-16(25(28)29)10-19(30-4)20(14)26/h5-10,12,17-18,26H,11H2,1-4H3,(H,24,27)/p-1/b23-12+/t17-,18-/m0/s1. The number of non-ortho nitro benzene ring substituents is 1. The fourth-order valence-corrected chi connectivity index (χ4v) is 3.29. The normalized spacial score (nSPS) is 18.3. The lowest BCUT2D eigenvalue weighted by Crippen LogP contribution is -2.20. The molecule has 0 bridgehead atoms. The molecule has 158 valence electrons. The Morgan fingerprint density at radius 2 is 1.93 bits per heavy atom. The van der Waals surface area contributed by atoms with Crippen LogP contribution >= 0.6 is 0 Å². The lowest BCUT2D eigenvalue weighted by molar-refractivity contribution is -0.385. The van der Waals surface area contributed by atoms with E-state index in [1.54, 1.807) is 0 Å². The van der Waals surface area contributed by atoms with Crippen LogP contribution in [0.5, 0.6) is 11.5 Å². The molecule has 2 aromatic carbocycles. The summed E-state index contributed by atoms with van der Waals surface area (Å²) in [4.78, 5) is 22.7. The highest BCUT2D eigenvalue weighted by molar-refractivity contribution is 5.88. The molecule has 2 atom stereocenters. The highest BCUT2D eigenvalue weighted by atomic mass is 16.6. The van der Waals surface area contributed by atoms with E-state index >= 15 is 0 Å². The monoisotopic (exact) mass is 410 g/mol. The summed E-state index contributed by atoms with van der Waals surface area (Å²) in [5.41, 5.74) is 4.51. The average Bonchev–Trinajstić information content (AvgIpc) is 3.49. The molecule has 1 aliphatic rings. The minimum Gasteiger partial charge on any atom is -0.870 e. The van der Waals surface area contributed by atoms with Gasteiger partial charge in [0.25, 0.3) is 5.69 Å². The summed E-state index contributed by atoms with van der Waals surface area (Å²) in [6, 6.07) is 10.4. The van der Waals surface area contributed by atoms with E-state index in [1.165, 1.54) is 12.7 Å². The van der Waals surface area contributed by atoms with Crippen molar-refractivity contribution in [3.05, 3.63) is 63.2 Å². The molecule has 1 amide bonds. The Morgan fingerprint density at radius 1 is 1.27 bits per heavy atom. The predicted octanol–water partition coefficient (Wildman–Crippen LogP) is 3.23. The van der Waals surface area contributed by atoms with E-state index in [4.69, 9.17) is 4.74 Å². The number of hydrazone groups is 1. The minimum atomic E-state index is -0.627. The van der Waals surface area contributed by atoms with E-state index in [-0.39, 0.29) is 40.2 Å². The molecular formula is C22H24N3O5-. The second-order valence-corrected chi connectivity index (χ2v) is 8.38. The van der Waals surface area contributed by atoms with Crippen molar-refractivity contribution in [1.29, 1.82) is 0 Å². The number of nitro benzene ring substituents is 1. The number of amides is 1. The van der Waals surface area contributed by atoms with Crippen molar-refractivity contribution < 1.29 is 19.6 Å². The molecule has 0 heterocycles. The number of methoxy groups -OCH3 is 1. The number of hydrogen-bond donors (Lipinski definition) is 1. The van der Waals surface area contributed by atoms with E-state index in [0.717, 1.165) is 30.3 Å². The van der Waals surface area contributed by atoms with E-state index in [0.29, 0.717) is 0 Å². The Hall–Kier alpha value is -3.42. The van der Waals surface area contributed by atoms with Gasteiger partial charge in [0.15, 0.2) is 0 Å². The molecule has 0 unspecified atom stereocenters. The molecule has 8 nitrogen and oxygen atoms in total. The van der Waals surface area contributed by atoms with Gasteiger partial charge in [0.2, 0.25) is 5.91 Å². The summed E-state index contributed by atoms with van der Waals surface area (Å²) in [6.07, 6.45) is 1.83. The van der Waals surface area contributed by atoms with Crippen molar-refractivity contribution in [2.75, 3.05) is 7.11 Å². The molecule has 30 heavy (non-hydrogen) atoms. The molecule has 1 fully saturated rings. The van der Waals surface area contributed by atoms with E-state index < -0.39 is 10.7 Å². The van der Waals surface area contributed by atoms with Crippen molar-refractivity contribution in [3.63, 3.8) is 0 Å². The van der Waals surface area contributed by atoms with Crippen LogP contribution < -0.4 is 15.3 Å². The van der Waals surface area contributed by atoms with Crippen molar-refractivity contribution in [3.8, 4) is 11.5 Å². The Kier molecular flexibility index (Phi) is 5.78. The first-order valence-electron chi connectivity index (χ1n) is 9.58. The van der Waals surface area contributed by atoms with Crippen molar-refractivity contribution >= 4 is 17.8 Å². The van der Waals surface area contributed by atoms with Gasteiger partial charge in [-0.1, -0.05) is 50.8 Å². The molecule has 1 aliphatic carbocycles. The molecule has 2 aromatic rings. The third-order valence-electron chi connectivity index (χ3n) is 5.21. The summed E-state index contributed by atoms with van der Waals surface area (Å²) >= 11 is 0. The van der Waals surface area contributed by atoms with Gasteiger partial charge in [0, 0.05) is 12.0 Å². The van der Waals surface area contributed by atoms with Crippen LogP contribution in [0.3, 0.4) is 0 Å². The van der Waals surface area contributed by atoms with Gasteiger partial charge in [-0.3, -0.25) is 14.9 Å². The predicted molar refractivity (Wildman–Crippen MR) is 111 cm³/mol. The first-order valence-corrected chi connectivity index (χ1v) is 9.58. The smallest absolute Gasteiger partial charge is 0.273 e. The van der Waals surface area contributed by atoms with Crippen molar-refractivity contribution in [2.45, 2.75) is 38.5 Å². The van der Waals surface area contributed by atoms with Crippen LogP contribution in [0.15, 0.2) is 41.5 Å². The van der Waals surface area contributed by atoms with Gasteiger partial charge in [-0.25, -0.2) is 5.43 Å². The van der Waals surface area contributed by atoms with Crippen LogP contribution in [-0.2, 0) is 10.2 Å². The van der Waals surface area contributed by atoms with Crippen LogP contribution in [0.1, 0.15) is 49.8 Å². The summed E-state index contributed by atoms with van der Waals surface area (Å²) in [5.74, 6) is -0.987. The molecule has 3 rings (SSSR count). The van der Waals surface area contributed by atoms with Gasteiger partial charge in [0.1, 0.15) is 5.75 Å². The highest BCUT2D eigenvalue weighted by Crippen LogP contribution is 2.47. The van der Waals surface area contributed by atoms with Gasteiger partial charge in [-0.05, 0) is 34.4 Å². The van der Waals surface area contributed by atoms with Crippen molar-refractivity contribution in [2.24, 2.45) is 11.0 Å². The minimum absolute atomic E-state index is 0.0357. The Balaban J connectivity index is 1.64. The fourth-order valence-electron chi connectivity index (χ4n) is 3.29. The van der Waals surface area contributed by atoms with Crippen LogP contribution in [0.2, 0.25) is 0 Å². The van der Waals surface area contributed by atoms with Gasteiger partial charge in [-0.15, -0.1) is 0 Å². The van der Waals surface area contributed by atoms with Gasteiger partial charge in [0.05, 0.1) is 24.3 Å². The number of carbonyl (C=O) groups is 1. The number of nitro groups is 1. The lowest BCUT2D eigenvalue weighted by Gasteiger charge is -2.19. The Labute approximate surface area is 174 Å². The summed E-state index contributed by atoms with van der Waals surface area (Å²) in [5, 5.41) is 27.0. The second kappa shape index (κ2) is 8.14. The molecule has 0 saturated heterocycles. The highest BCUT2D eigenvalue weighted by Gasteiger charge is 2.44. The number of nitrogens with one attached hydrogen (secondary N) is 1. The zero-order valence-electron chi connectivity index (χ0n) is 17.3. The zero-order valence-corrected chi connectivity index (χ0v) is 17.3. The first-order chi connectivity index (χ1) is 14.1. The molecule has 8 heteroatoms. The van der Waals surface area contributed by atoms with Crippen LogP contribution in [-0.4, -0.2) is 24.2 Å². The van der Waals surface area contributed by atoms with Gasteiger partial charge >= 0.3 is 0 Å². The number of benzene rings is 2.